The predicted molar refractivity (Wildman–Crippen MR) is 113 cm³/mol. The van der Waals surface area contributed by atoms with Gasteiger partial charge in [0.1, 0.15) is 11.4 Å². The fraction of sp³-hybridized carbons (Fsp3) is 0.238. The number of halogens is 1. The maximum Gasteiger partial charge on any atom is 0.170 e. The third-order valence-electron chi connectivity index (χ3n) is 5.18. The van der Waals surface area contributed by atoms with Crippen LogP contribution in [-0.4, -0.2) is 36.9 Å². The summed E-state index contributed by atoms with van der Waals surface area (Å²) in [6, 6.07) is 16.3. The Hall–Kier alpha value is -2.83. The molecule has 1 fully saturated rings. The number of para-hydroxylation sites is 1. The van der Waals surface area contributed by atoms with Crippen molar-refractivity contribution >= 4 is 40.0 Å². The number of anilines is 1. The summed E-state index contributed by atoms with van der Waals surface area (Å²) in [5, 5.41) is 10.1. The topological polar surface area (TPSA) is 63.4 Å². The Morgan fingerprint density at radius 1 is 1.14 bits per heavy atom. The molecule has 1 N–H and O–H groups in total. The van der Waals surface area contributed by atoms with Crippen LogP contribution < -0.4 is 15.0 Å². The van der Waals surface area contributed by atoms with E-state index >= 15 is 0 Å². The second-order valence-electron chi connectivity index (χ2n) is 6.73. The van der Waals surface area contributed by atoms with Gasteiger partial charge in [0.15, 0.2) is 5.58 Å². The molecule has 5 rings (SSSR count). The van der Waals surface area contributed by atoms with Crippen LogP contribution in [0, 0.1) is 0 Å². The Bertz CT molecular complexity index is 1110. The fourth-order valence-electron chi connectivity index (χ4n) is 3.82. The number of hydrogen-bond acceptors (Lipinski definition) is 6. The van der Waals surface area contributed by atoms with Gasteiger partial charge in [-0.3, -0.25) is 4.98 Å². The van der Waals surface area contributed by atoms with Gasteiger partial charge in [-0.2, -0.15) is 0 Å². The van der Waals surface area contributed by atoms with Crippen LogP contribution in [0.15, 0.2) is 59.3 Å². The second-order valence-corrected chi connectivity index (χ2v) is 6.73. The number of hydrogen-bond donors (Lipinski definition) is 1. The largest absolute Gasteiger partial charge is 0.497 e. The lowest BCUT2D eigenvalue weighted by molar-refractivity contribution is 0.401. The van der Waals surface area contributed by atoms with E-state index < -0.39 is 0 Å². The van der Waals surface area contributed by atoms with Gasteiger partial charge in [0.25, 0.3) is 0 Å². The fourth-order valence-corrected chi connectivity index (χ4v) is 3.82. The molecule has 0 spiro atoms. The van der Waals surface area contributed by atoms with E-state index in [9.17, 15) is 0 Å². The summed E-state index contributed by atoms with van der Waals surface area (Å²) in [4.78, 5) is 6.88. The molecule has 6 nitrogen and oxygen atoms in total. The van der Waals surface area contributed by atoms with Crippen molar-refractivity contribution in [2.24, 2.45) is 0 Å². The average Bonchev–Trinajstić information content (AvgIpc) is 3.16. The third kappa shape index (κ3) is 3.15. The normalized spacial score (nSPS) is 16.9. The van der Waals surface area contributed by atoms with Gasteiger partial charge in [-0.15, -0.1) is 12.4 Å². The number of nitrogens with zero attached hydrogens (tertiary/aromatic N) is 3. The summed E-state index contributed by atoms with van der Waals surface area (Å²) in [5.41, 5.74) is 3.92. The molecule has 1 unspecified atom stereocenters. The van der Waals surface area contributed by atoms with Gasteiger partial charge in [-0.25, -0.2) is 0 Å². The molecule has 3 heterocycles. The van der Waals surface area contributed by atoms with Crippen molar-refractivity contribution < 1.29 is 9.26 Å². The zero-order valence-corrected chi connectivity index (χ0v) is 16.3. The van der Waals surface area contributed by atoms with Crippen molar-refractivity contribution in [3.8, 4) is 5.75 Å². The monoisotopic (exact) mass is 396 g/mol. The minimum Gasteiger partial charge on any atom is -0.497 e. The minimum absolute atomic E-state index is 0. The average molecular weight is 397 g/mol. The van der Waals surface area contributed by atoms with Crippen molar-refractivity contribution in [1.82, 2.24) is 15.5 Å². The van der Waals surface area contributed by atoms with Crippen LogP contribution in [0.25, 0.3) is 21.9 Å². The Balaban J connectivity index is 0.00000192. The first-order valence-corrected chi connectivity index (χ1v) is 9.09. The number of nitrogens with one attached hydrogen (secondary N) is 1. The van der Waals surface area contributed by atoms with Gasteiger partial charge in [-0.05, 0) is 24.3 Å². The Kier molecular flexibility index (Phi) is 5.07. The predicted octanol–water partition coefficient (Wildman–Crippen LogP) is 3.96. The Morgan fingerprint density at radius 3 is 2.93 bits per heavy atom. The number of fused-ring (bicyclic) bond motifs is 2. The van der Waals surface area contributed by atoms with Gasteiger partial charge < -0.3 is 19.5 Å². The van der Waals surface area contributed by atoms with Crippen molar-refractivity contribution in [1.29, 1.82) is 0 Å². The van der Waals surface area contributed by atoms with E-state index in [2.05, 4.69) is 44.6 Å². The van der Waals surface area contributed by atoms with Crippen LogP contribution in [0.2, 0.25) is 0 Å². The van der Waals surface area contributed by atoms with Crippen molar-refractivity contribution in [2.45, 2.75) is 6.04 Å². The Labute approximate surface area is 168 Å². The van der Waals surface area contributed by atoms with Crippen LogP contribution >= 0.6 is 12.4 Å². The number of ether oxygens (including phenoxy) is 1. The first-order valence-electron chi connectivity index (χ1n) is 9.09. The van der Waals surface area contributed by atoms with E-state index in [1.165, 1.54) is 11.1 Å². The van der Waals surface area contributed by atoms with Gasteiger partial charge in [0, 0.05) is 48.4 Å². The standard InChI is InChI=1S/C21H20N4O2.ClH/c1-26-14-6-7-16-20(12-14)27-24-21(16)18-13-25(11-10-23-18)19-8-9-22-17-5-3-2-4-15(17)19;/h2-9,12,18,23H,10-11,13H2,1H3;1H. The van der Waals surface area contributed by atoms with Crippen molar-refractivity contribution in [2.75, 3.05) is 31.6 Å². The number of benzene rings is 2. The SMILES string of the molecule is COc1ccc2c(C3CN(c4ccnc5ccccc45)CCN3)noc2c1.Cl. The first kappa shape index (κ1) is 18.5. The van der Waals surface area contributed by atoms with Gasteiger partial charge in [0.05, 0.1) is 18.7 Å². The molecular weight excluding hydrogens is 376 g/mol. The van der Waals surface area contributed by atoms with Crippen LogP contribution in [0.3, 0.4) is 0 Å². The van der Waals surface area contributed by atoms with E-state index in [0.29, 0.717) is 0 Å². The summed E-state index contributed by atoms with van der Waals surface area (Å²) in [6.07, 6.45) is 1.88. The zero-order valence-electron chi connectivity index (χ0n) is 15.5. The molecule has 1 aliphatic rings. The zero-order chi connectivity index (χ0) is 18.2. The molecule has 144 valence electrons. The summed E-state index contributed by atoms with van der Waals surface area (Å²) >= 11 is 0. The molecule has 1 aliphatic heterocycles. The second kappa shape index (κ2) is 7.66. The molecule has 28 heavy (non-hydrogen) atoms. The highest BCUT2D eigenvalue weighted by Crippen LogP contribution is 2.31. The number of aromatic nitrogens is 2. The molecule has 1 saturated heterocycles. The van der Waals surface area contributed by atoms with E-state index in [-0.39, 0.29) is 18.4 Å². The van der Waals surface area contributed by atoms with E-state index in [1.807, 2.05) is 30.5 Å². The van der Waals surface area contributed by atoms with Gasteiger partial charge in [0.2, 0.25) is 0 Å². The van der Waals surface area contributed by atoms with Crippen molar-refractivity contribution in [3.05, 3.63) is 60.4 Å². The third-order valence-corrected chi connectivity index (χ3v) is 5.18. The van der Waals surface area contributed by atoms with Crippen LogP contribution in [0.4, 0.5) is 5.69 Å². The van der Waals surface area contributed by atoms with E-state index in [0.717, 1.165) is 47.6 Å². The van der Waals surface area contributed by atoms with Crippen LogP contribution in [-0.2, 0) is 0 Å². The summed E-state index contributed by atoms with van der Waals surface area (Å²) in [6.45, 7) is 2.64. The maximum atomic E-state index is 5.56. The highest BCUT2D eigenvalue weighted by atomic mass is 35.5. The lowest BCUT2D eigenvalue weighted by Crippen LogP contribution is -2.46. The van der Waals surface area contributed by atoms with E-state index in [1.54, 1.807) is 7.11 Å². The molecule has 0 bridgehead atoms. The maximum absolute atomic E-state index is 5.56. The molecule has 0 saturated carbocycles. The summed E-state index contributed by atoms with van der Waals surface area (Å²) < 4.78 is 10.8. The number of piperazine rings is 1. The molecule has 1 atom stereocenters. The first-order chi connectivity index (χ1) is 13.3. The highest BCUT2D eigenvalue weighted by molar-refractivity contribution is 5.91. The quantitative estimate of drug-likeness (QED) is 0.565. The minimum atomic E-state index is 0. The summed E-state index contributed by atoms with van der Waals surface area (Å²) in [7, 11) is 1.65. The Morgan fingerprint density at radius 2 is 2.04 bits per heavy atom. The van der Waals surface area contributed by atoms with Crippen LogP contribution in [0.1, 0.15) is 11.7 Å². The number of rotatable bonds is 3. The molecule has 2 aromatic heterocycles. The molecule has 0 aliphatic carbocycles. The highest BCUT2D eigenvalue weighted by Gasteiger charge is 2.26. The lowest BCUT2D eigenvalue weighted by Gasteiger charge is -2.35. The van der Waals surface area contributed by atoms with Crippen molar-refractivity contribution in [3.63, 3.8) is 0 Å². The summed E-state index contributed by atoms with van der Waals surface area (Å²) in [5.74, 6) is 0.770. The molecular formula is C21H21ClN4O2. The lowest BCUT2D eigenvalue weighted by atomic mass is 10.1. The van der Waals surface area contributed by atoms with E-state index in [4.69, 9.17) is 9.26 Å². The molecule has 2 aromatic carbocycles. The van der Waals surface area contributed by atoms with Crippen LogP contribution in [0.5, 0.6) is 5.75 Å². The smallest absolute Gasteiger partial charge is 0.170 e. The number of methoxy groups -OCH3 is 1. The number of pyridine rings is 1. The molecule has 0 amide bonds. The van der Waals surface area contributed by atoms with Gasteiger partial charge in [-0.1, -0.05) is 23.4 Å². The molecule has 7 heteroatoms. The molecule has 0 radical (unpaired) electrons. The molecule has 4 aromatic rings. The van der Waals surface area contributed by atoms with Gasteiger partial charge >= 0.3 is 0 Å².